The molecule has 26 nitrogen and oxygen atoms in total. The van der Waals surface area contributed by atoms with E-state index in [0.717, 1.165) is 19.2 Å². The standard InChI is InChI=1S/C17H29N3O23P4/c1-6(22)18-10-13(26)11(24)7(4-21)39-16(10)40-45(31,32)42-47(35,36)43-46(33,34)41-44(29,30)37-5-8-12(25)14(27)15(38-8)20-3-2-9(23)19-17(20)28/h2-3,7-8,10-16,21,24-27H,4-5H2,1H3,(H,18,22)(H,29,30)(H,31,32)(H,33,34)(H,35,36)(H,19,23,28)/t7-,8-,10-,11-,12-,13-,14-,15-,16-/m1/s1. The summed E-state index contributed by atoms with van der Waals surface area (Å²) in [6.07, 6.45) is -14.2. The highest BCUT2D eigenvalue weighted by molar-refractivity contribution is 7.69. The van der Waals surface area contributed by atoms with Crippen LogP contribution < -0.4 is 16.6 Å². The molecule has 2 aliphatic rings. The van der Waals surface area contributed by atoms with E-state index in [1.165, 1.54) is 0 Å². The second kappa shape index (κ2) is 15.1. The molecule has 47 heavy (non-hydrogen) atoms. The number of carbonyl (C=O) groups excluding carboxylic acids is 1. The maximum Gasteiger partial charge on any atom is 0.490 e. The molecule has 0 spiro atoms. The van der Waals surface area contributed by atoms with E-state index in [-0.39, 0.29) is 0 Å². The van der Waals surface area contributed by atoms with Crippen molar-refractivity contribution in [2.24, 2.45) is 0 Å². The molecule has 30 heteroatoms. The molecule has 1 amide bonds. The zero-order valence-corrected chi connectivity index (χ0v) is 26.8. The summed E-state index contributed by atoms with van der Waals surface area (Å²) < 4.78 is 80.1. The van der Waals surface area contributed by atoms with Gasteiger partial charge in [-0.05, 0) is 0 Å². The molecule has 2 fully saturated rings. The van der Waals surface area contributed by atoms with Crippen LogP contribution in [0.25, 0.3) is 0 Å². The van der Waals surface area contributed by atoms with Crippen LogP contribution in [0.4, 0.5) is 0 Å². The van der Waals surface area contributed by atoms with Crippen LogP contribution in [0, 0.1) is 0 Å². The van der Waals surface area contributed by atoms with Gasteiger partial charge in [-0.1, -0.05) is 0 Å². The molecule has 3 heterocycles. The molecule has 0 saturated carbocycles. The normalized spacial score (nSPS) is 34.8. The summed E-state index contributed by atoms with van der Waals surface area (Å²) >= 11 is 0. The molecular formula is C17H29N3O23P4. The lowest BCUT2D eigenvalue weighted by molar-refractivity contribution is -0.247. The number of aromatic amines is 1. The van der Waals surface area contributed by atoms with Crippen molar-refractivity contribution < 1.29 is 99.6 Å². The highest BCUT2D eigenvalue weighted by Gasteiger charge is 2.51. The average molecular weight is 767 g/mol. The van der Waals surface area contributed by atoms with Crippen molar-refractivity contribution in [1.82, 2.24) is 14.9 Å². The second-order valence-corrected chi connectivity index (χ2v) is 15.7. The van der Waals surface area contributed by atoms with Crippen molar-refractivity contribution in [1.29, 1.82) is 0 Å². The number of H-pyrrole nitrogens is 1. The highest BCUT2D eigenvalue weighted by Crippen LogP contribution is 2.71. The van der Waals surface area contributed by atoms with Gasteiger partial charge < -0.3 is 59.9 Å². The van der Waals surface area contributed by atoms with E-state index in [1.807, 2.05) is 10.3 Å². The Morgan fingerprint density at radius 2 is 1.43 bits per heavy atom. The maximum atomic E-state index is 12.4. The van der Waals surface area contributed by atoms with Gasteiger partial charge in [-0.15, -0.1) is 0 Å². The molecule has 1 aromatic rings. The van der Waals surface area contributed by atoms with Crippen molar-refractivity contribution in [3.8, 4) is 0 Å². The van der Waals surface area contributed by atoms with Gasteiger partial charge in [-0.25, -0.2) is 23.1 Å². The third kappa shape index (κ3) is 10.7. The van der Waals surface area contributed by atoms with Gasteiger partial charge in [0.2, 0.25) is 5.91 Å². The van der Waals surface area contributed by atoms with Gasteiger partial charge >= 0.3 is 37.0 Å². The van der Waals surface area contributed by atoms with E-state index in [4.69, 9.17) is 9.47 Å². The highest BCUT2D eigenvalue weighted by atomic mass is 31.3. The molecular weight excluding hydrogens is 738 g/mol. The third-order valence-corrected chi connectivity index (χ3v) is 11.9. The fourth-order valence-electron chi connectivity index (χ4n) is 4.05. The zero-order valence-electron chi connectivity index (χ0n) is 23.2. The van der Waals surface area contributed by atoms with Crippen LogP contribution in [-0.4, -0.2) is 123 Å². The van der Waals surface area contributed by atoms with Gasteiger partial charge in [-0.3, -0.25) is 28.2 Å². The number of rotatable bonds is 14. The van der Waals surface area contributed by atoms with Crippen LogP contribution in [0.3, 0.4) is 0 Å². The molecule has 0 aliphatic carbocycles. The molecule has 0 bridgehead atoms. The van der Waals surface area contributed by atoms with E-state index in [1.54, 1.807) is 0 Å². The Balaban J connectivity index is 1.63. The van der Waals surface area contributed by atoms with Crippen molar-refractivity contribution in [3.05, 3.63) is 33.1 Å². The predicted octanol–water partition coefficient (Wildman–Crippen LogP) is -4.42. The first-order chi connectivity index (χ1) is 21.5. The quantitative estimate of drug-likeness (QED) is 0.0796. The van der Waals surface area contributed by atoms with E-state index in [2.05, 4.69) is 22.0 Å². The number of nitrogens with zero attached hydrogens (tertiary/aromatic N) is 1. The average Bonchev–Trinajstić information content (AvgIpc) is 3.17. The largest absolute Gasteiger partial charge is 0.490 e. The molecule has 4 unspecified atom stereocenters. The van der Waals surface area contributed by atoms with E-state index < -0.39 is 117 Å². The monoisotopic (exact) mass is 767 g/mol. The van der Waals surface area contributed by atoms with Crippen molar-refractivity contribution >= 4 is 37.2 Å². The van der Waals surface area contributed by atoms with Crippen LogP contribution in [0.1, 0.15) is 13.2 Å². The number of carbonyl (C=O) groups is 1. The maximum absolute atomic E-state index is 12.4. The van der Waals surface area contributed by atoms with Gasteiger partial charge in [-0.2, -0.15) is 12.9 Å². The minimum atomic E-state index is -6.32. The summed E-state index contributed by atoms with van der Waals surface area (Å²) in [6, 6.07) is -1.00. The molecule has 2 aliphatic heterocycles. The van der Waals surface area contributed by atoms with Gasteiger partial charge in [0.15, 0.2) is 12.5 Å². The number of phosphoric acid groups is 4. The number of phosphoric ester groups is 2. The molecule has 0 radical (unpaired) electrons. The van der Waals surface area contributed by atoms with Crippen LogP contribution in [0.2, 0.25) is 0 Å². The topological polar surface area (TPSA) is 399 Å². The minimum absolute atomic E-state index is 0.638. The first kappa shape index (κ1) is 39.9. The number of ether oxygens (including phenoxy) is 2. The third-order valence-electron chi connectivity index (χ3n) is 5.97. The number of aromatic nitrogens is 2. The zero-order chi connectivity index (χ0) is 35.7. The number of hydrogen-bond donors (Lipinski definition) is 11. The number of hydrogen-bond acceptors (Lipinski definition) is 19. The Bertz CT molecular complexity index is 1600. The van der Waals surface area contributed by atoms with Crippen molar-refractivity contribution in [2.75, 3.05) is 13.2 Å². The van der Waals surface area contributed by atoms with E-state index in [0.29, 0.717) is 4.57 Å². The smallest absolute Gasteiger partial charge is 0.394 e. The Hall–Kier alpha value is -1.57. The van der Waals surface area contributed by atoms with Crippen LogP contribution in [-0.2, 0) is 54.5 Å². The Morgan fingerprint density at radius 3 is 1.98 bits per heavy atom. The van der Waals surface area contributed by atoms with E-state index >= 15 is 0 Å². The molecule has 0 aromatic carbocycles. The Morgan fingerprint density at radius 1 is 0.872 bits per heavy atom. The lowest BCUT2D eigenvalue weighted by Gasteiger charge is -2.42. The van der Waals surface area contributed by atoms with Crippen LogP contribution in [0.15, 0.2) is 21.9 Å². The molecule has 1 aromatic heterocycles. The van der Waals surface area contributed by atoms with Crippen LogP contribution in [0.5, 0.6) is 0 Å². The van der Waals surface area contributed by atoms with Crippen molar-refractivity contribution in [2.45, 2.75) is 62.1 Å². The summed E-state index contributed by atoms with van der Waals surface area (Å²) in [5.41, 5.74) is -1.89. The molecule has 2 saturated heterocycles. The number of nitrogens with one attached hydrogen (secondary N) is 2. The fourth-order valence-corrected chi connectivity index (χ4v) is 9.07. The molecule has 13 atom stereocenters. The van der Waals surface area contributed by atoms with Crippen molar-refractivity contribution in [3.63, 3.8) is 0 Å². The molecule has 11 N–H and O–H groups in total. The van der Waals surface area contributed by atoms with Gasteiger partial charge in [0.1, 0.15) is 42.7 Å². The minimum Gasteiger partial charge on any atom is -0.394 e. The summed E-state index contributed by atoms with van der Waals surface area (Å²) in [6.45, 7) is -1.33. The number of aliphatic hydroxyl groups excluding tert-OH is 5. The summed E-state index contributed by atoms with van der Waals surface area (Å²) in [5, 5.41) is 51.8. The predicted molar refractivity (Wildman–Crippen MR) is 142 cm³/mol. The number of amides is 1. The van der Waals surface area contributed by atoms with Crippen LogP contribution >= 0.6 is 31.3 Å². The second-order valence-electron chi connectivity index (χ2n) is 9.52. The summed E-state index contributed by atoms with van der Waals surface area (Å²) in [7, 11) is -24.5. The van der Waals surface area contributed by atoms with Gasteiger partial charge in [0, 0.05) is 19.2 Å². The number of aliphatic hydroxyl groups is 5. The molecule has 270 valence electrons. The lowest BCUT2D eigenvalue weighted by atomic mass is 9.97. The van der Waals surface area contributed by atoms with Gasteiger partial charge in [0.25, 0.3) is 5.56 Å². The Kier molecular flexibility index (Phi) is 12.8. The lowest BCUT2D eigenvalue weighted by Crippen LogP contribution is -2.64. The van der Waals surface area contributed by atoms with E-state index in [9.17, 15) is 77.8 Å². The SMILES string of the molecule is CC(=O)N[C@H]1[C@@H](OP(=O)(O)OP(=O)(O)OP(=O)(O)OP(=O)(O)OC[C@H]2O[C@@H](n3ccc(=O)[nH]c3=O)[C@H](O)[C@@H]2O)O[C@H](CO)[C@@H](O)[C@@H]1O. The summed E-state index contributed by atoms with van der Waals surface area (Å²) in [4.78, 5) is 75.7. The molecule has 3 rings (SSSR count). The summed E-state index contributed by atoms with van der Waals surface area (Å²) in [5.74, 6) is -0.908. The Labute approximate surface area is 260 Å². The fraction of sp³-hybridized carbons (Fsp3) is 0.706. The van der Waals surface area contributed by atoms with Gasteiger partial charge in [0.05, 0.1) is 13.2 Å². The first-order valence-electron chi connectivity index (χ1n) is 12.5. The first-order valence-corrected chi connectivity index (χ1v) is 18.5.